The van der Waals surface area contributed by atoms with Crippen LogP contribution in [0.25, 0.3) is 0 Å². The lowest BCUT2D eigenvalue weighted by molar-refractivity contribution is -0.129. The van der Waals surface area contributed by atoms with Gasteiger partial charge in [0, 0.05) is 33.5 Å². The zero-order chi connectivity index (χ0) is 21.5. The molecular formula is C24H32N2O3. The number of rotatable bonds is 4. The number of carbonyl (C=O) groups is 2. The van der Waals surface area contributed by atoms with Crippen LogP contribution >= 0.6 is 0 Å². The Morgan fingerprint density at radius 2 is 1.62 bits per heavy atom. The second kappa shape index (κ2) is 8.05. The van der Waals surface area contributed by atoms with Crippen LogP contribution in [0.3, 0.4) is 0 Å². The molecule has 2 amide bonds. The highest BCUT2D eigenvalue weighted by atomic mass is 16.4. The Labute approximate surface area is 173 Å². The number of likely N-dealkylation sites (N-methyl/N-ethyl adjacent to an activating group) is 1. The smallest absolute Gasteiger partial charge is 0.289 e. The van der Waals surface area contributed by atoms with Gasteiger partial charge in [0.2, 0.25) is 5.91 Å². The summed E-state index contributed by atoms with van der Waals surface area (Å²) in [6, 6.07) is 3.76. The third kappa shape index (κ3) is 3.96. The summed E-state index contributed by atoms with van der Waals surface area (Å²) < 4.78 is 5.95. The van der Waals surface area contributed by atoms with E-state index in [1.165, 1.54) is 33.4 Å². The Bertz CT molecular complexity index is 928. The number of benzene rings is 1. The molecule has 29 heavy (non-hydrogen) atoms. The van der Waals surface area contributed by atoms with E-state index in [1.807, 2.05) is 6.07 Å². The van der Waals surface area contributed by atoms with Gasteiger partial charge in [-0.15, -0.1) is 0 Å². The number of hydrogen-bond acceptors (Lipinski definition) is 3. The van der Waals surface area contributed by atoms with Gasteiger partial charge in [-0.05, 0) is 86.6 Å². The Morgan fingerprint density at radius 3 is 2.21 bits per heavy atom. The van der Waals surface area contributed by atoms with E-state index in [4.69, 9.17) is 4.42 Å². The van der Waals surface area contributed by atoms with E-state index in [9.17, 15) is 9.59 Å². The molecule has 1 unspecified atom stereocenters. The van der Waals surface area contributed by atoms with Crippen LogP contribution in [0.15, 0.2) is 16.5 Å². The molecule has 1 aromatic carbocycles. The highest BCUT2D eigenvalue weighted by molar-refractivity contribution is 5.91. The zero-order valence-corrected chi connectivity index (χ0v) is 18.7. The lowest BCUT2D eigenvalue weighted by atomic mass is 9.88. The molecule has 0 saturated carbocycles. The molecule has 0 aliphatic carbocycles. The molecule has 1 aliphatic rings. The standard InChI is InChI=1S/C24H32N2O3/c1-14-15(2)17(4)22(18(5)16(14)3)12-21-8-9-23(29-21)24(28)26-11-10-20(13-26)25(7)19(6)27/h8-9,20H,10-13H2,1-7H3. The Hall–Kier alpha value is -2.56. The monoisotopic (exact) mass is 396 g/mol. The Kier molecular flexibility index (Phi) is 5.87. The van der Waals surface area contributed by atoms with Crippen molar-refractivity contribution in [2.45, 2.75) is 60.4 Å². The van der Waals surface area contributed by atoms with Gasteiger partial charge in [-0.3, -0.25) is 9.59 Å². The van der Waals surface area contributed by atoms with Gasteiger partial charge >= 0.3 is 0 Å². The van der Waals surface area contributed by atoms with Crippen molar-refractivity contribution in [3.05, 3.63) is 57.0 Å². The first kappa shape index (κ1) is 21.2. The second-order valence-corrected chi connectivity index (χ2v) is 8.37. The molecule has 1 saturated heterocycles. The van der Waals surface area contributed by atoms with Crippen molar-refractivity contribution in [2.24, 2.45) is 0 Å². The molecule has 0 radical (unpaired) electrons. The number of furan rings is 1. The molecule has 5 heteroatoms. The average Bonchev–Trinajstić information content (AvgIpc) is 3.36. The molecule has 1 atom stereocenters. The van der Waals surface area contributed by atoms with Crippen LogP contribution in [0.1, 0.15) is 63.0 Å². The SMILES string of the molecule is CC(=O)N(C)C1CCN(C(=O)c2ccc(Cc3c(C)c(C)c(C)c(C)c3C)o2)C1. The molecule has 1 fully saturated rings. The van der Waals surface area contributed by atoms with Gasteiger partial charge in [-0.25, -0.2) is 0 Å². The van der Waals surface area contributed by atoms with Crippen LogP contribution in [0, 0.1) is 34.6 Å². The summed E-state index contributed by atoms with van der Waals surface area (Å²) in [7, 11) is 1.79. The van der Waals surface area contributed by atoms with Crippen LogP contribution in [0.2, 0.25) is 0 Å². The van der Waals surface area contributed by atoms with E-state index in [1.54, 1.807) is 29.8 Å². The van der Waals surface area contributed by atoms with Crippen LogP contribution in [-0.4, -0.2) is 47.8 Å². The minimum Gasteiger partial charge on any atom is -0.456 e. The second-order valence-electron chi connectivity index (χ2n) is 8.37. The van der Waals surface area contributed by atoms with Crippen molar-refractivity contribution >= 4 is 11.8 Å². The van der Waals surface area contributed by atoms with E-state index in [0.29, 0.717) is 25.3 Å². The fraction of sp³-hybridized carbons (Fsp3) is 0.500. The first-order valence-corrected chi connectivity index (χ1v) is 10.3. The minimum absolute atomic E-state index is 0.0269. The maximum atomic E-state index is 12.9. The largest absolute Gasteiger partial charge is 0.456 e. The normalized spacial score (nSPS) is 16.4. The summed E-state index contributed by atoms with van der Waals surface area (Å²) in [5.41, 5.74) is 7.86. The predicted molar refractivity (Wildman–Crippen MR) is 114 cm³/mol. The molecule has 0 spiro atoms. The van der Waals surface area contributed by atoms with E-state index in [2.05, 4.69) is 34.6 Å². The number of carbonyl (C=O) groups excluding carboxylic acids is 2. The highest BCUT2D eigenvalue weighted by Gasteiger charge is 2.31. The van der Waals surface area contributed by atoms with Gasteiger partial charge in [0.05, 0.1) is 6.04 Å². The molecule has 2 aromatic rings. The van der Waals surface area contributed by atoms with Crippen molar-refractivity contribution < 1.29 is 14.0 Å². The zero-order valence-electron chi connectivity index (χ0n) is 18.7. The molecule has 5 nitrogen and oxygen atoms in total. The number of likely N-dealkylation sites (tertiary alicyclic amines) is 1. The first-order chi connectivity index (χ1) is 13.6. The number of hydrogen-bond donors (Lipinski definition) is 0. The third-order valence-electron chi connectivity index (χ3n) is 6.87. The molecule has 0 bridgehead atoms. The summed E-state index contributed by atoms with van der Waals surface area (Å²) >= 11 is 0. The lowest BCUT2D eigenvalue weighted by Crippen LogP contribution is -2.38. The van der Waals surface area contributed by atoms with Gasteiger partial charge in [0.25, 0.3) is 5.91 Å². The third-order valence-corrected chi connectivity index (χ3v) is 6.87. The average molecular weight is 397 g/mol. The molecule has 3 rings (SSSR count). The maximum absolute atomic E-state index is 12.9. The fourth-order valence-electron chi connectivity index (χ4n) is 4.26. The molecule has 1 aliphatic heterocycles. The minimum atomic E-state index is -0.0968. The summed E-state index contributed by atoms with van der Waals surface area (Å²) in [6.07, 6.45) is 1.48. The van der Waals surface area contributed by atoms with Crippen LogP contribution in [0.4, 0.5) is 0 Å². The predicted octanol–water partition coefficient (Wildman–Crippen LogP) is 4.11. The van der Waals surface area contributed by atoms with Crippen molar-refractivity contribution in [3.63, 3.8) is 0 Å². The van der Waals surface area contributed by atoms with Gasteiger partial charge in [-0.1, -0.05) is 0 Å². The number of nitrogens with zero attached hydrogens (tertiary/aromatic N) is 2. The van der Waals surface area contributed by atoms with Gasteiger partial charge < -0.3 is 14.2 Å². The lowest BCUT2D eigenvalue weighted by Gasteiger charge is -2.23. The van der Waals surface area contributed by atoms with Crippen LogP contribution in [-0.2, 0) is 11.2 Å². The van der Waals surface area contributed by atoms with Crippen molar-refractivity contribution in [1.82, 2.24) is 9.80 Å². The molecule has 1 aromatic heterocycles. The van der Waals surface area contributed by atoms with Gasteiger partial charge in [0.1, 0.15) is 5.76 Å². The molecule has 0 N–H and O–H groups in total. The molecule has 2 heterocycles. The molecular weight excluding hydrogens is 364 g/mol. The summed E-state index contributed by atoms with van der Waals surface area (Å²) in [5.74, 6) is 1.11. The van der Waals surface area contributed by atoms with Crippen LogP contribution in [0.5, 0.6) is 0 Å². The van der Waals surface area contributed by atoms with E-state index >= 15 is 0 Å². The summed E-state index contributed by atoms with van der Waals surface area (Å²) in [5, 5.41) is 0. The van der Waals surface area contributed by atoms with E-state index in [-0.39, 0.29) is 17.9 Å². The molecule has 156 valence electrons. The van der Waals surface area contributed by atoms with Gasteiger partial charge in [-0.2, -0.15) is 0 Å². The number of amides is 2. The van der Waals surface area contributed by atoms with Crippen molar-refractivity contribution in [2.75, 3.05) is 20.1 Å². The van der Waals surface area contributed by atoms with E-state index in [0.717, 1.165) is 12.2 Å². The van der Waals surface area contributed by atoms with E-state index < -0.39 is 0 Å². The fourth-order valence-corrected chi connectivity index (χ4v) is 4.26. The Balaban J connectivity index is 1.76. The maximum Gasteiger partial charge on any atom is 0.289 e. The quantitative estimate of drug-likeness (QED) is 0.782. The topological polar surface area (TPSA) is 53.8 Å². The van der Waals surface area contributed by atoms with Crippen molar-refractivity contribution in [1.29, 1.82) is 0 Å². The highest BCUT2D eigenvalue weighted by Crippen LogP contribution is 2.28. The van der Waals surface area contributed by atoms with Crippen LogP contribution < -0.4 is 0 Å². The van der Waals surface area contributed by atoms with Gasteiger partial charge in [0.15, 0.2) is 5.76 Å². The summed E-state index contributed by atoms with van der Waals surface area (Å²) in [4.78, 5) is 27.9. The summed E-state index contributed by atoms with van der Waals surface area (Å²) in [6.45, 7) is 13.6. The first-order valence-electron chi connectivity index (χ1n) is 10.3. The Morgan fingerprint density at radius 1 is 1.03 bits per heavy atom. The van der Waals surface area contributed by atoms with Crippen molar-refractivity contribution in [3.8, 4) is 0 Å².